The van der Waals surface area contributed by atoms with Gasteiger partial charge in [-0.2, -0.15) is 0 Å². The molecule has 0 amide bonds. The second-order valence-electron chi connectivity index (χ2n) is 2.84. The average Bonchev–Trinajstić information content (AvgIpc) is 2.74. The first-order valence-corrected chi connectivity index (χ1v) is 5.81. The summed E-state index contributed by atoms with van der Waals surface area (Å²) in [4.78, 5) is 1.09. The molecule has 0 saturated heterocycles. The van der Waals surface area contributed by atoms with E-state index in [4.69, 9.17) is 4.52 Å². The molecule has 0 aromatic carbocycles. The van der Waals surface area contributed by atoms with Crippen LogP contribution in [0.2, 0.25) is 0 Å². The first-order valence-electron chi connectivity index (χ1n) is 4.14. The normalized spacial score (nSPS) is 10.7. The fourth-order valence-electron chi connectivity index (χ4n) is 1.13. The van der Waals surface area contributed by atoms with Crippen molar-refractivity contribution in [1.82, 2.24) is 10.5 Å². The van der Waals surface area contributed by atoms with Gasteiger partial charge in [-0.3, -0.25) is 0 Å². The predicted octanol–water partition coefficient (Wildman–Crippen LogP) is 2.89. The van der Waals surface area contributed by atoms with E-state index in [-0.39, 0.29) is 0 Å². The summed E-state index contributed by atoms with van der Waals surface area (Å²) in [6.45, 7) is 0.732. The van der Waals surface area contributed by atoms with Gasteiger partial charge in [-0.15, -0.1) is 11.3 Å². The Morgan fingerprint density at radius 3 is 3.07 bits per heavy atom. The Morgan fingerprint density at radius 2 is 2.43 bits per heavy atom. The van der Waals surface area contributed by atoms with Crippen molar-refractivity contribution >= 4 is 27.3 Å². The van der Waals surface area contributed by atoms with Gasteiger partial charge < -0.3 is 9.84 Å². The molecule has 3 nitrogen and oxygen atoms in total. The molecular weight excluding hydrogens is 264 g/mol. The van der Waals surface area contributed by atoms with Gasteiger partial charge in [0, 0.05) is 22.5 Å². The summed E-state index contributed by atoms with van der Waals surface area (Å²) in [7, 11) is 1.89. The Kier molecular flexibility index (Phi) is 3.00. The predicted molar refractivity (Wildman–Crippen MR) is 60.3 cm³/mol. The fourth-order valence-corrected chi connectivity index (χ4v) is 2.51. The lowest BCUT2D eigenvalue weighted by molar-refractivity contribution is 0.422. The van der Waals surface area contributed by atoms with Crippen LogP contribution >= 0.6 is 27.3 Å². The van der Waals surface area contributed by atoms with Crippen LogP contribution in [0.15, 0.2) is 26.5 Å². The standard InChI is InChI=1S/C9H9BrN2OS/c1-11-4-7-3-8(13-12-7)9-2-6(10)5-14-9/h2-3,5,11H,4H2,1H3. The first kappa shape index (κ1) is 9.89. The second-order valence-corrected chi connectivity index (χ2v) is 4.67. The number of nitrogens with one attached hydrogen (secondary N) is 1. The molecule has 0 aliphatic heterocycles. The van der Waals surface area contributed by atoms with Crippen molar-refractivity contribution < 1.29 is 4.52 Å². The molecule has 2 rings (SSSR count). The molecule has 2 aromatic rings. The van der Waals surface area contributed by atoms with Gasteiger partial charge in [-0.05, 0) is 29.0 Å². The summed E-state index contributed by atoms with van der Waals surface area (Å²) in [5.41, 5.74) is 0.923. The van der Waals surface area contributed by atoms with Crippen LogP contribution in [-0.2, 0) is 6.54 Å². The quantitative estimate of drug-likeness (QED) is 0.934. The molecule has 0 radical (unpaired) electrons. The molecule has 0 fully saturated rings. The zero-order valence-electron chi connectivity index (χ0n) is 7.58. The molecule has 0 unspecified atom stereocenters. The Labute approximate surface area is 94.2 Å². The van der Waals surface area contributed by atoms with E-state index in [1.807, 2.05) is 24.6 Å². The number of thiophene rings is 1. The molecule has 14 heavy (non-hydrogen) atoms. The Hall–Kier alpha value is -0.650. The van der Waals surface area contributed by atoms with E-state index in [2.05, 4.69) is 26.4 Å². The lowest BCUT2D eigenvalue weighted by atomic mass is 10.3. The molecule has 0 aliphatic carbocycles. The summed E-state index contributed by atoms with van der Waals surface area (Å²) in [5.74, 6) is 0.825. The van der Waals surface area contributed by atoms with Crippen molar-refractivity contribution in [3.63, 3.8) is 0 Å². The third-order valence-corrected chi connectivity index (χ3v) is 3.43. The Balaban J connectivity index is 2.24. The SMILES string of the molecule is CNCc1cc(-c2cc(Br)cs2)on1. The summed E-state index contributed by atoms with van der Waals surface area (Å²) >= 11 is 5.04. The van der Waals surface area contributed by atoms with E-state index >= 15 is 0 Å². The maximum Gasteiger partial charge on any atom is 0.177 e. The van der Waals surface area contributed by atoms with E-state index in [9.17, 15) is 0 Å². The van der Waals surface area contributed by atoms with E-state index in [0.29, 0.717) is 0 Å². The molecule has 0 saturated carbocycles. The van der Waals surface area contributed by atoms with E-state index < -0.39 is 0 Å². The maximum absolute atomic E-state index is 5.22. The number of aromatic nitrogens is 1. The van der Waals surface area contributed by atoms with Gasteiger partial charge in [0.1, 0.15) is 0 Å². The summed E-state index contributed by atoms with van der Waals surface area (Å²) in [6, 6.07) is 3.98. The van der Waals surface area contributed by atoms with Crippen LogP contribution in [0, 0.1) is 0 Å². The van der Waals surface area contributed by atoms with E-state index in [0.717, 1.165) is 27.3 Å². The molecule has 2 aromatic heterocycles. The maximum atomic E-state index is 5.22. The van der Waals surface area contributed by atoms with E-state index in [1.165, 1.54) is 0 Å². The van der Waals surface area contributed by atoms with E-state index in [1.54, 1.807) is 11.3 Å². The molecule has 0 atom stereocenters. The number of rotatable bonds is 3. The minimum absolute atomic E-state index is 0.732. The number of halogens is 1. The third kappa shape index (κ3) is 2.05. The van der Waals surface area contributed by atoms with Crippen LogP contribution in [0.3, 0.4) is 0 Å². The lowest BCUT2D eigenvalue weighted by Crippen LogP contribution is -2.04. The van der Waals surface area contributed by atoms with Crippen molar-refractivity contribution in [2.24, 2.45) is 0 Å². The minimum Gasteiger partial charge on any atom is -0.355 e. The molecule has 0 aliphatic rings. The largest absolute Gasteiger partial charge is 0.355 e. The molecule has 74 valence electrons. The van der Waals surface area contributed by atoms with Gasteiger partial charge in [0.15, 0.2) is 5.76 Å². The summed E-state index contributed by atoms with van der Waals surface area (Å²) in [5, 5.41) is 8.99. The van der Waals surface area contributed by atoms with Gasteiger partial charge in [-0.25, -0.2) is 0 Å². The monoisotopic (exact) mass is 272 g/mol. The molecule has 2 heterocycles. The second kappa shape index (κ2) is 4.25. The highest BCUT2D eigenvalue weighted by Gasteiger charge is 2.07. The van der Waals surface area contributed by atoms with Gasteiger partial charge in [-0.1, -0.05) is 5.16 Å². The number of hydrogen-bond acceptors (Lipinski definition) is 4. The first-order chi connectivity index (χ1) is 6.79. The van der Waals surface area contributed by atoms with Gasteiger partial charge >= 0.3 is 0 Å². The molecule has 0 bridgehead atoms. The van der Waals surface area contributed by atoms with Crippen molar-refractivity contribution in [3.8, 4) is 10.6 Å². The van der Waals surface area contributed by atoms with Crippen LogP contribution in [0.25, 0.3) is 10.6 Å². The van der Waals surface area contributed by atoms with Crippen LogP contribution in [0.5, 0.6) is 0 Å². The minimum atomic E-state index is 0.732. The Bertz CT molecular complexity index is 424. The number of hydrogen-bond donors (Lipinski definition) is 1. The number of nitrogens with zero attached hydrogens (tertiary/aromatic N) is 1. The summed E-state index contributed by atoms with van der Waals surface area (Å²) in [6.07, 6.45) is 0. The van der Waals surface area contributed by atoms with Crippen LogP contribution < -0.4 is 5.32 Å². The van der Waals surface area contributed by atoms with Crippen LogP contribution in [-0.4, -0.2) is 12.2 Å². The zero-order chi connectivity index (χ0) is 9.97. The van der Waals surface area contributed by atoms with Gasteiger partial charge in [0.05, 0.1) is 10.6 Å². The van der Waals surface area contributed by atoms with Gasteiger partial charge in [0.2, 0.25) is 0 Å². The highest BCUT2D eigenvalue weighted by Crippen LogP contribution is 2.30. The molecule has 1 N–H and O–H groups in total. The molecule has 0 spiro atoms. The van der Waals surface area contributed by atoms with Crippen LogP contribution in [0.1, 0.15) is 5.69 Å². The smallest absolute Gasteiger partial charge is 0.177 e. The van der Waals surface area contributed by atoms with Crippen molar-refractivity contribution in [2.45, 2.75) is 6.54 Å². The topological polar surface area (TPSA) is 38.1 Å². The molecule has 5 heteroatoms. The molecular formula is C9H9BrN2OS. The summed E-state index contributed by atoms with van der Waals surface area (Å²) < 4.78 is 6.29. The highest BCUT2D eigenvalue weighted by molar-refractivity contribution is 9.10. The van der Waals surface area contributed by atoms with Crippen molar-refractivity contribution in [1.29, 1.82) is 0 Å². The van der Waals surface area contributed by atoms with Crippen molar-refractivity contribution in [3.05, 3.63) is 27.7 Å². The Morgan fingerprint density at radius 1 is 1.57 bits per heavy atom. The van der Waals surface area contributed by atoms with Crippen LogP contribution in [0.4, 0.5) is 0 Å². The highest BCUT2D eigenvalue weighted by atomic mass is 79.9. The van der Waals surface area contributed by atoms with Crippen molar-refractivity contribution in [2.75, 3.05) is 7.05 Å². The third-order valence-electron chi connectivity index (χ3n) is 1.73. The van der Waals surface area contributed by atoms with Gasteiger partial charge in [0.25, 0.3) is 0 Å². The zero-order valence-corrected chi connectivity index (χ0v) is 9.98. The fraction of sp³-hybridized carbons (Fsp3) is 0.222. The lowest BCUT2D eigenvalue weighted by Gasteiger charge is -1.87. The average molecular weight is 273 g/mol.